The van der Waals surface area contributed by atoms with Crippen LogP contribution in [0, 0.1) is 0 Å². The Labute approximate surface area is 160 Å². The quantitative estimate of drug-likeness (QED) is 0.730. The highest BCUT2D eigenvalue weighted by atomic mass is 35.5. The molecule has 0 spiro atoms. The maximum absolute atomic E-state index is 12.3. The van der Waals surface area contributed by atoms with Crippen LogP contribution in [-0.2, 0) is 9.59 Å². The summed E-state index contributed by atoms with van der Waals surface area (Å²) >= 11 is 0. The Hall–Kier alpha value is -1.83. The molecule has 0 aliphatic carbocycles. The van der Waals surface area contributed by atoms with Gasteiger partial charge in [0.1, 0.15) is 5.75 Å². The van der Waals surface area contributed by atoms with Crippen molar-refractivity contribution in [2.75, 3.05) is 52.4 Å². The van der Waals surface area contributed by atoms with Gasteiger partial charge in [0.15, 0.2) is 6.61 Å². The predicted molar refractivity (Wildman–Crippen MR) is 102 cm³/mol. The van der Waals surface area contributed by atoms with Crippen molar-refractivity contribution in [1.82, 2.24) is 20.4 Å². The van der Waals surface area contributed by atoms with Gasteiger partial charge in [-0.15, -0.1) is 12.4 Å². The van der Waals surface area contributed by atoms with Crippen LogP contribution in [0.25, 0.3) is 0 Å². The summed E-state index contributed by atoms with van der Waals surface area (Å²) in [5.41, 5.74) is 0. The van der Waals surface area contributed by atoms with E-state index in [1.165, 1.54) is 0 Å². The number of amides is 2. The molecule has 2 amide bonds. The maximum atomic E-state index is 12.3. The summed E-state index contributed by atoms with van der Waals surface area (Å²) in [6.45, 7) is 5.59. The summed E-state index contributed by atoms with van der Waals surface area (Å²) < 4.78 is 5.37. The van der Waals surface area contributed by atoms with Crippen molar-refractivity contribution in [2.45, 2.75) is 12.5 Å². The number of piperazine rings is 1. The van der Waals surface area contributed by atoms with Gasteiger partial charge < -0.3 is 20.3 Å². The van der Waals surface area contributed by atoms with Crippen LogP contribution in [0.15, 0.2) is 30.3 Å². The standard InChI is InChI=1S/C18H26N4O3.ClH/c23-17(14-25-16-4-2-1-3-5-16)20-12-18(24)22-9-6-15(13-22)21-10-7-19-8-11-21;/h1-5,15,19H,6-14H2,(H,20,23);1H. The van der Waals surface area contributed by atoms with E-state index in [2.05, 4.69) is 15.5 Å². The van der Waals surface area contributed by atoms with E-state index >= 15 is 0 Å². The van der Waals surface area contributed by atoms with Gasteiger partial charge in [-0.05, 0) is 18.6 Å². The largest absolute Gasteiger partial charge is 0.484 e. The van der Waals surface area contributed by atoms with Crippen molar-refractivity contribution in [2.24, 2.45) is 0 Å². The number of nitrogens with one attached hydrogen (secondary N) is 2. The van der Waals surface area contributed by atoms with Crippen molar-refractivity contribution >= 4 is 24.2 Å². The zero-order valence-electron chi connectivity index (χ0n) is 14.9. The molecule has 0 bridgehead atoms. The SMILES string of the molecule is Cl.O=C(COc1ccccc1)NCC(=O)N1CCC(N2CCNCC2)C1. The fourth-order valence-corrected chi connectivity index (χ4v) is 3.32. The second kappa shape index (κ2) is 10.4. The highest BCUT2D eigenvalue weighted by Crippen LogP contribution is 2.16. The number of hydrogen-bond donors (Lipinski definition) is 2. The number of rotatable bonds is 6. The normalized spacial score (nSPS) is 20.3. The van der Waals surface area contributed by atoms with Gasteiger partial charge in [-0.3, -0.25) is 14.5 Å². The summed E-state index contributed by atoms with van der Waals surface area (Å²) in [7, 11) is 0. The second-order valence-corrected chi connectivity index (χ2v) is 6.45. The van der Waals surface area contributed by atoms with Gasteiger partial charge >= 0.3 is 0 Å². The van der Waals surface area contributed by atoms with Crippen LogP contribution in [0.1, 0.15) is 6.42 Å². The molecule has 1 aromatic rings. The molecule has 8 heteroatoms. The summed E-state index contributed by atoms with van der Waals surface area (Å²) in [6, 6.07) is 9.61. The summed E-state index contributed by atoms with van der Waals surface area (Å²) in [5.74, 6) is 0.336. The Morgan fingerprint density at radius 3 is 2.62 bits per heavy atom. The van der Waals surface area contributed by atoms with Crippen LogP contribution in [0.5, 0.6) is 5.75 Å². The van der Waals surface area contributed by atoms with E-state index in [9.17, 15) is 9.59 Å². The van der Waals surface area contributed by atoms with Gasteiger partial charge in [0.2, 0.25) is 5.91 Å². The average Bonchev–Trinajstić information content (AvgIpc) is 3.16. The van der Waals surface area contributed by atoms with Crippen molar-refractivity contribution in [3.8, 4) is 5.75 Å². The Kier molecular flexibility index (Phi) is 8.15. The number of ether oxygens (including phenoxy) is 1. The minimum Gasteiger partial charge on any atom is -0.484 e. The molecule has 2 heterocycles. The molecule has 1 atom stereocenters. The fourth-order valence-electron chi connectivity index (χ4n) is 3.32. The molecule has 0 saturated carbocycles. The first-order valence-corrected chi connectivity index (χ1v) is 8.89. The number of likely N-dealkylation sites (tertiary alicyclic amines) is 1. The summed E-state index contributed by atoms with van der Waals surface area (Å²) in [5, 5.41) is 5.99. The maximum Gasteiger partial charge on any atom is 0.258 e. The highest BCUT2D eigenvalue weighted by Gasteiger charge is 2.30. The molecule has 2 aliphatic heterocycles. The van der Waals surface area contributed by atoms with Crippen LogP contribution < -0.4 is 15.4 Å². The molecule has 2 N–H and O–H groups in total. The van der Waals surface area contributed by atoms with Gasteiger partial charge in [0, 0.05) is 45.3 Å². The average molecular weight is 383 g/mol. The second-order valence-electron chi connectivity index (χ2n) is 6.45. The molecule has 7 nitrogen and oxygen atoms in total. The molecule has 2 fully saturated rings. The number of nitrogens with zero attached hydrogens (tertiary/aromatic N) is 2. The Bertz CT molecular complexity index is 581. The topological polar surface area (TPSA) is 73.9 Å². The Morgan fingerprint density at radius 2 is 1.88 bits per heavy atom. The molecular formula is C18H27ClN4O3. The van der Waals surface area contributed by atoms with Gasteiger partial charge in [0.05, 0.1) is 6.54 Å². The minimum absolute atomic E-state index is 0. The highest BCUT2D eigenvalue weighted by molar-refractivity contribution is 5.85. The zero-order valence-corrected chi connectivity index (χ0v) is 15.7. The number of benzene rings is 1. The molecular weight excluding hydrogens is 356 g/mol. The molecule has 1 aromatic carbocycles. The number of hydrogen-bond acceptors (Lipinski definition) is 5. The first kappa shape index (κ1) is 20.5. The van der Waals surface area contributed by atoms with E-state index < -0.39 is 0 Å². The molecule has 26 heavy (non-hydrogen) atoms. The van der Waals surface area contributed by atoms with Crippen LogP contribution >= 0.6 is 12.4 Å². The number of para-hydroxylation sites is 1. The molecule has 0 radical (unpaired) electrons. The molecule has 3 rings (SSSR count). The van der Waals surface area contributed by atoms with Crippen molar-refractivity contribution in [3.05, 3.63) is 30.3 Å². The van der Waals surface area contributed by atoms with E-state index in [-0.39, 0.29) is 37.4 Å². The molecule has 0 aromatic heterocycles. The number of halogens is 1. The lowest BCUT2D eigenvalue weighted by molar-refractivity contribution is -0.132. The van der Waals surface area contributed by atoms with Crippen LogP contribution in [0.4, 0.5) is 0 Å². The van der Waals surface area contributed by atoms with Crippen molar-refractivity contribution in [1.29, 1.82) is 0 Å². The van der Waals surface area contributed by atoms with Crippen LogP contribution in [-0.4, -0.2) is 80.1 Å². The van der Waals surface area contributed by atoms with E-state index in [0.29, 0.717) is 11.8 Å². The van der Waals surface area contributed by atoms with E-state index in [1.807, 2.05) is 23.1 Å². The summed E-state index contributed by atoms with van der Waals surface area (Å²) in [4.78, 5) is 28.4. The smallest absolute Gasteiger partial charge is 0.258 e. The lowest BCUT2D eigenvalue weighted by Crippen LogP contribution is -2.49. The summed E-state index contributed by atoms with van der Waals surface area (Å²) in [6.07, 6.45) is 1.01. The Balaban J connectivity index is 0.00000243. The lowest BCUT2D eigenvalue weighted by atomic mass is 10.2. The van der Waals surface area contributed by atoms with Gasteiger partial charge in [-0.25, -0.2) is 0 Å². The van der Waals surface area contributed by atoms with E-state index in [4.69, 9.17) is 4.74 Å². The third kappa shape index (κ3) is 5.86. The van der Waals surface area contributed by atoms with Crippen molar-refractivity contribution < 1.29 is 14.3 Å². The first-order valence-electron chi connectivity index (χ1n) is 8.89. The molecule has 2 aliphatic rings. The lowest BCUT2D eigenvalue weighted by Gasteiger charge is -2.32. The van der Waals surface area contributed by atoms with E-state index in [1.54, 1.807) is 12.1 Å². The van der Waals surface area contributed by atoms with Gasteiger partial charge in [-0.1, -0.05) is 18.2 Å². The minimum atomic E-state index is -0.282. The number of carbonyl (C=O) groups excluding carboxylic acids is 2. The Morgan fingerprint density at radius 1 is 1.15 bits per heavy atom. The molecule has 1 unspecified atom stereocenters. The van der Waals surface area contributed by atoms with Crippen LogP contribution in [0.3, 0.4) is 0 Å². The monoisotopic (exact) mass is 382 g/mol. The van der Waals surface area contributed by atoms with Gasteiger partial charge in [0.25, 0.3) is 5.91 Å². The third-order valence-electron chi connectivity index (χ3n) is 4.73. The fraction of sp³-hybridized carbons (Fsp3) is 0.556. The van der Waals surface area contributed by atoms with Gasteiger partial charge in [-0.2, -0.15) is 0 Å². The third-order valence-corrected chi connectivity index (χ3v) is 4.73. The molecule has 2 saturated heterocycles. The van der Waals surface area contributed by atoms with Crippen molar-refractivity contribution in [3.63, 3.8) is 0 Å². The zero-order chi connectivity index (χ0) is 17.5. The molecule has 144 valence electrons. The predicted octanol–water partition coefficient (Wildman–Crippen LogP) is 0.110. The first-order chi connectivity index (χ1) is 12.2. The number of carbonyl (C=O) groups is 2. The van der Waals surface area contributed by atoms with E-state index in [0.717, 1.165) is 45.7 Å². The van der Waals surface area contributed by atoms with Crippen LogP contribution in [0.2, 0.25) is 0 Å².